The summed E-state index contributed by atoms with van der Waals surface area (Å²) in [5, 5.41) is 0.236. The second-order valence-electron chi connectivity index (χ2n) is 3.13. The fraction of sp³-hybridized carbons (Fsp3) is 0. The third-order valence-electron chi connectivity index (χ3n) is 1.93. The van der Waals surface area contributed by atoms with Gasteiger partial charge in [0.2, 0.25) is 0 Å². The van der Waals surface area contributed by atoms with E-state index < -0.39 is 10.0 Å². The third kappa shape index (κ3) is 2.72. The van der Waals surface area contributed by atoms with Gasteiger partial charge in [-0.15, -0.1) is 0 Å². The Morgan fingerprint density at radius 2 is 1.94 bits per heavy atom. The van der Waals surface area contributed by atoms with Gasteiger partial charge in [-0.05, 0) is 24.3 Å². The van der Waals surface area contributed by atoms with Gasteiger partial charge in [-0.3, -0.25) is 9.71 Å². The van der Waals surface area contributed by atoms with Crippen LogP contribution in [-0.2, 0) is 10.0 Å². The van der Waals surface area contributed by atoms with Gasteiger partial charge in [0.1, 0.15) is 4.90 Å². The van der Waals surface area contributed by atoms with Gasteiger partial charge in [-0.2, -0.15) is 0 Å². The van der Waals surface area contributed by atoms with Gasteiger partial charge in [-0.1, -0.05) is 11.6 Å². The maximum atomic E-state index is 11.9. The van der Waals surface area contributed by atoms with Crippen LogP contribution in [0.4, 0.5) is 5.82 Å². The van der Waals surface area contributed by atoms with Crippen molar-refractivity contribution in [1.29, 1.82) is 0 Å². The van der Waals surface area contributed by atoms with E-state index in [0.717, 1.165) is 0 Å². The molecule has 0 spiro atoms. The van der Waals surface area contributed by atoms with Crippen molar-refractivity contribution in [1.82, 2.24) is 9.97 Å². The van der Waals surface area contributed by atoms with E-state index in [0.29, 0.717) is 0 Å². The summed E-state index contributed by atoms with van der Waals surface area (Å²) in [6, 6.07) is 6.14. The maximum absolute atomic E-state index is 11.9. The summed E-state index contributed by atoms with van der Waals surface area (Å²) >= 11 is 5.81. The monoisotopic (exact) mass is 269 g/mol. The van der Waals surface area contributed by atoms with Crippen LogP contribution in [0.5, 0.6) is 0 Å². The Balaban J connectivity index is 2.34. The highest BCUT2D eigenvalue weighted by Gasteiger charge is 2.15. The lowest BCUT2D eigenvalue weighted by atomic mass is 10.5. The molecule has 0 aromatic carbocycles. The van der Waals surface area contributed by atoms with Crippen LogP contribution >= 0.6 is 11.6 Å². The number of sulfonamides is 1. The van der Waals surface area contributed by atoms with Gasteiger partial charge >= 0.3 is 0 Å². The number of halogens is 1. The predicted octanol–water partition coefficient (Wildman–Crippen LogP) is 1.93. The van der Waals surface area contributed by atoms with E-state index in [2.05, 4.69) is 14.7 Å². The zero-order valence-corrected chi connectivity index (χ0v) is 10.1. The maximum Gasteiger partial charge on any atom is 0.264 e. The summed E-state index contributed by atoms with van der Waals surface area (Å²) in [6.45, 7) is 0. The molecule has 2 aromatic rings. The first-order valence-electron chi connectivity index (χ1n) is 4.63. The molecule has 17 heavy (non-hydrogen) atoms. The molecule has 88 valence electrons. The summed E-state index contributed by atoms with van der Waals surface area (Å²) < 4.78 is 26.1. The zero-order valence-electron chi connectivity index (χ0n) is 8.54. The highest BCUT2D eigenvalue weighted by Crippen LogP contribution is 2.20. The first kappa shape index (κ1) is 11.8. The molecule has 2 rings (SSSR count). The number of anilines is 1. The fourth-order valence-electron chi connectivity index (χ4n) is 1.15. The Kier molecular flexibility index (Phi) is 3.26. The number of rotatable bonds is 3. The largest absolute Gasteiger partial charge is 0.264 e. The Bertz CT molecular complexity index is 616. The lowest BCUT2D eigenvalue weighted by Gasteiger charge is -2.07. The molecular formula is C10H8ClN3O2S. The van der Waals surface area contributed by atoms with Gasteiger partial charge in [0.25, 0.3) is 10.0 Å². The van der Waals surface area contributed by atoms with Crippen LogP contribution in [0.2, 0.25) is 5.02 Å². The molecule has 0 unspecified atom stereocenters. The Labute approximate surface area is 104 Å². The lowest BCUT2D eigenvalue weighted by Crippen LogP contribution is -2.14. The molecule has 0 aliphatic heterocycles. The molecule has 0 aliphatic rings. The average Bonchev–Trinajstić information content (AvgIpc) is 2.33. The van der Waals surface area contributed by atoms with Gasteiger partial charge in [-0.25, -0.2) is 13.4 Å². The molecule has 0 saturated heterocycles. The van der Waals surface area contributed by atoms with Crippen LogP contribution in [0.15, 0.2) is 47.8 Å². The molecule has 2 heterocycles. The summed E-state index contributed by atoms with van der Waals surface area (Å²) in [5.41, 5.74) is 0. The van der Waals surface area contributed by atoms with Crippen molar-refractivity contribution in [3.8, 4) is 0 Å². The molecule has 0 aliphatic carbocycles. The van der Waals surface area contributed by atoms with E-state index >= 15 is 0 Å². The number of hydrogen-bond acceptors (Lipinski definition) is 4. The van der Waals surface area contributed by atoms with Gasteiger partial charge in [0, 0.05) is 18.6 Å². The molecule has 2 aromatic heterocycles. The Morgan fingerprint density at radius 3 is 2.59 bits per heavy atom. The molecule has 0 saturated carbocycles. The van der Waals surface area contributed by atoms with Crippen molar-refractivity contribution >= 4 is 27.4 Å². The molecule has 7 heteroatoms. The standard InChI is InChI=1S/C10H8ClN3O2S/c11-9-4-2-6-13-10(9)14-17(15,16)8-3-1-5-12-7-8/h1-7H,(H,13,14). The number of aromatic nitrogens is 2. The second-order valence-corrected chi connectivity index (χ2v) is 5.22. The third-order valence-corrected chi connectivity index (χ3v) is 3.56. The number of hydrogen-bond donors (Lipinski definition) is 1. The van der Waals surface area contributed by atoms with Gasteiger partial charge in [0.05, 0.1) is 5.02 Å². The van der Waals surface area contributed by atoms with Gasteiger partial charge in [0.15, 0.2) is 5.82 Å². The minimum Gasteiger partial charge on any atom is -0.263 e. The molecule has 0 bridgehead atoms. The minimum atomic E-state index is -3.70. The van der Waals surface area contributed by atoms with Crippen molar-refractivity contribution in [2.45, 2.75) is 4.90 Å². The summed E-state index contributed by atoms with van der Waals surface area (Å²) in [6.07, 6.45) is 4.19. The normalized spacial score (nSPS) is 11.1. The zero-order chi connectivity index (χ0) is 12.3. The van der Waals surface area contributed by atoms with Crippen LogP contribution in [0.3, 0.4) is 0 Å². The molecule has 1 N–H and O–H groups in total. The van der Waals surface area contributed by atoms with Crippen LogP contribution in [0.1, 0.15) is 0 Å². The molecule has 0 amide bonds. The predicted molar refractivity (Wildman–Crippen MR) is 64.3 cm³/mol. The number of nitrogens with one attached hydrogen (secondary N) is 1. The van der Waals surface area contributed by atoms with Crippen molar-refractivity contribution in [2.24, 2.45) is 0 Å². The average molecular weight is 270 g/mol. The molecule has 0 radical (unpaired) electrons. The quantitative estimate of drug-likeness (QED) is 0.924. The molecule has 5 nitrogen and oxygen atoms in total. The smallest absolute Gasteiger partial charge is 0.263 e. The van der Waals surface area contributed by atoms with E-state index in [9.17, 15) is 8.42 Å². The van der Waals surface area contributed by atoms with Crippen LogP contribution in [-0.4, -0.2) is 18.4 Å². The van der Waals surface area contributed by atoms with Crippen molar-refractivity contribution < 1.29 is 8.42 Å². The number of pyridine rings is 2. The van der Waals surface area contributed by atoms with Gasteiger partial charge < -0.3 is 0 Å². The first-order chi connectivity index (χ1) is 8.09. The highest BCUT2D eigenvalue weighted by molar-refractivity contribution is 7.92. The molecule has 0 atom stereocenters. The molecule has 0 fully saturated rings. The second kappa shape index (κ2) is 4.68. The van der Waals surface area contributed by atoms with E-state index in [1.165, 1.54) is 30.7 Å². The van der Waals surface area contributed by atoms with Crippen LogP contribution in [0.25, 0.3) is 0 Å². The van der Waals surface area contributed by atoms with E-state index in [1.54, 1.807) is 12.1 Å². The van der Waals surface area contributed by atoms with Crippen molar-refractivity contribution in [3.05, 3.63) is 47.9 Å². The lowest BCUT2D eigenvalue weighted by molar-refractivity contribution is 0.600. The van der Waals surface area contributed by atoms with E-state index in [4.69, 9.17) is 11.6 Å². The first-order valence-corrected chi connectivity index (χ1v) is 6.49. The Morgan fingerprint density at radius 1 is 1.18 bits per heavy atom. The minimum absolute atomic E-state index is 0.0571. The number of nitrogens with zero attached hydrogens (tertiary/aromatic N) is 2. The summed E-state index contributed by atoms with van der Waals surface area (Å²) in [4.78, 5) is 7.65. The van der Waals surface area contributed by atoms with Crippen molar-refractivity contribution in [3.63, 3.8) is 0 Å². The van der Waals surface area contributed by atoms with Crippen molar-refractivity contribution in [2.75, 3.05) is 4.72 Å². The summed E-state index contributed by atoms with van der Waals surface area (Å²) in [5.74, 6) is 0.0954. The highest BCUT2D eigenvalue weighted by atomic mass is 35.5. The molecular weight excluding hydrogens is 262 g/mol. The van der Waals surface area contributed by atoms with Crippen LogP contribution < -0.4 is 4.72 Å². The van der Waals surface area contributed by atoms with E-state index in [-0.39, 0.29) is 15.7 Å². The van der Waals surface area contributed by atoms with Crippen LogP contribution in [0, 0.1) is 0 Å². The fourth-order valence-corrected chi connectivity index (χ4v) is 2.37. The summed E-state index contributed by atoms with van der Waals surface area (Å²) in [7, 11) is -3.70. The Hall–Kier alpha value is -1.66. The SMILES string of the molecule is O=S(=O)(Nc1ncccc1Cl)c1cccnc1. The van der Waals surface area contributed by atoms with E-state index in [1.807, 2.05) is 0 Å². The topological polar surface area (TPSA) is 72.0 Å².